The second-order valence-electron chi connectivity index (χ2n) is 7.83. The molecule has 0 bridgehead atoms. The summed E-state index contributed by atoms with van der Waals surface area (Å²) in [6.07, 6.45) is 3.00. The fourth-order valence-corrected chi connectivity index (χ4v) is 3.80. The molecular formula is C22H28F2N4O3. The Labute approximate surface area is 180 Å². The van der Waals surface area contributed by atoms with Gasteiger partial charge in [0, 0.05) is 32.1 Å². The molecule has 0 saturated carbocycles. The van der Waals surface area contributed by atoms with E-state index >= 15 is 0 Å². The molecule has 0 saturated heterocycles. The highest BCUT2D eigenvalue weighted by atomic mass is 19.2. The predicted octanol–water partition coefficient (Wildman–Crippen LogP) is 3.37. The maximum absolute atomic E-state index is 14.2. The van der Waals surface area contributed by atoms with Gasteiger partial charge in [-0.05, 0) is 51.5 Å². The highest BCUT2D eigenvalue weighted by molar-refractivity contribution is 5.96. The van der Waals surface area contributed by atoms with Crippen LogP contribution in [0, 0.1) is 18.6 Å². The summed E-state index contributed by atoms with van der Waals surface area (Å²) in [7, 11) is 1.98. The van der Waals surface area contributed by atoms with Crippen molar-refractivity contribution in [1.82, 2.24) is 15.0 Å². The number of benzene rings is 1. The summed E-state index contributed by atoms with van der Waals surface area (Å²) in [5.41, 5.74) is 1.01. The minimum absolute atomic E-state index is 0.0349. The number of carbonyl (C=O) groups is 2. The standard InChI is InChI=1S/C22H28F2N4O3/c1-4-21(29)28-10-6-8-26(3)7-5-9-27(22(30)17-13-25-31-15(17)2)14-16-11-18(23)19(24)12-20(16)28/h11-13H,4-10,14H2,1-3H3. The molecule has 0 unspecified atom stereocenters. The fraction of sp³-hybridized carbons (Fsp3) is 0.500. The number of aryl methyl sites for hydroxylation is 1. The molecular weight excluding hydrogens is 406 g/mol. The fourth-order valence-electron chi connectivity index (χ4n) is 3.80. The van der Waals surface area contributed by atoms with Crippen LogP contribution in [0.4, 0.5) is 14.5 Å². The molecule has 0 radical (unpaired) electrons. The number of nitrogens with zero attached hydrogens (tertiary/aromatic N) is 4. The van der Waals surface area contributed by atoms with E-state index < -0.39 is 11.6 Å². The number of aromatic nitrogens is 1. The van der Waals surface area contributed by atoms with Crippen LogP contribution in [0.1, 0.15) is 47.9 Å². The monoisotopic (exact) mass is 434 g/mol. The second-order valence-corrected chi connectivity index (χ2v) is 7.83. The topological polar surface area (TPSA) is 69.9 Å². The van der Waals surface area contributed by atoms with Crippen molar-refractivity contribution < 1.29 is 22.9 Å². The summed E-state index contributed by atoms with van der Waals surface area (Å²) in [6.45, 7) is 5.71. The van der Waals surface area contributed by atoms with Gasteiger partial charge in [-0.3, -0.25) is 9.59 Å². The van der Waals surface area contributed by atoms with Crippen LogP contribution in [-0.2, 0) is 11.3 Å². The molecule has 1 aromatic heterocycles. The SMILES string of the molecule is CCC(=O)N1CCCN(C)CCCN(C(=O)c2cnoc2C)Cc2cc(F)c(F)cc21. The van der Waals surface area contributed by atoms with Gasteiger partial charge in [0.05, 0.1) is 11.9 Å². The number of fused-ring (bicyclic) bond motifs is 1. The summed E-state index contributed by atoms with van der Waals surface area (Å²) < 4.78 is 33.4. The van der Waals surface area contributed by atoms with Crippen molar-refractivity contribution in [3.05, 3.63) is 46.9 Å². The van der Waals surface area contributed by atoms with E-state index in [1.54, 1.807) is 18.7 Å². The lowest BCUT2D eigenvalue weighted by Crippen LogP contribution is -2.38. The molecule has 168 valence electrons. The lowest BCUT2D eigenvalue weighted by molar-refractivity contribution is -0.118. The van der Waals surface area contributed by atoms with Gasteiger partial charge < -0.3 is 19.2 Å². The van der Waals surface area contributed by atoms with Crippen LogP contribution in [-0.4, -0.2) is 60.0 Å². The number of anilines is 1. The molecule has 0 N–H and O–H groups in total. The first-order chi connectivity index (χ1) is 14.8. The van der Waals surface area contributed by atoms with E-state index in [0.29, 0.717) is 48.5 Å². The van der Waals surface area contributed by atoms with Gasteiger partial charge in [0.1, 0.15) is 11.3 Å². The third-order valence-electron chi connectivity index (χ3n) is 5.53. The molecule has 9 heteroatoms. The molecule has 0 fully saturated rings. The Morgan fingerprint density at radius 2 is 1.77 bits per heavy atom. The van der Waals surface area contributed by atoms with E-state index in [2.05, 4.69) is 10.1 Å². The van der Waals surface area contributed by atoms with Crippen LogP contribution < -0.4 is 4.90 Å². The first-order valence-electron chi connectivity index (χ1n) is 10.5. The Morgan fingerprint density at radius 1 is 1.10 bits per heavy atom. The molecule has 2 amide bonds. The molecule has 31 heavy (non-hydrogen) atoms. The van der Waals surface area contributed by atoms with E-state index in [1.807, 2.05) is 7.05 Å². The minimum Gasteiger partial charge on any atom is -0.361 e. The van der Waals surface area contributed by atoms with Crippen molar-refractivity contribution in [1.29, 1.82) is 0 Å². The molecule has 7 nitrogen and oxygen atoms in total. The average molecular weight is 434 g/mol. The summed E-state index contributed by atoms with van der Waals surface area (Å²) in [5, 5.41) is 3.68. The number of amides is 2. The molecule has 1 aromatic carbocycles. The van der Waals surface area contributed by atoms with Crippen LogP contribution in [0.3, 0.4) is 0 Å². The molecule has 0 aliphatic carbocycles. The number of hydrogen-bond acceptors (Lipinski definition) is 5. The first kappa shape index (κ1) is 22.9. The van der Waals surface area contributed by atoms with Crippen molar-refractivity contribution in [2.24, 2.45) is 0 Å². The quantitative estimate of drug-likeness (QED) is 0.725. The highest BCUT2D eigenvalue weighted by Crippen LogP contribution is 2.28. The summed E-state index contributed by atoms with van der Waals surface area (Å²) in [4.78, 5) is 31.0. The van der Waals surface area contributed by atoms with Crippen molar-refractivity contribution in [3.63, 3.8) is 0 Å². The van der Waals surface area contributed by atoms with Gasteiger partial charge in [0.15, 0.2) is 11.6 Å². The highest BCUT2D eigenvalue weighted by Gasteiger charge is 2.26. The molecule has 2 heterocycles. The normalized spacial score (nSPS) is 16.4. The van der Waals surface area contributed by atoms with Gasteiger partial charge >= 0.3 is 0 Å². The minimum atomic E-state index is -1.02. The third-order valence-corrected chi connectivity index (χ3v) is 5.53. The molecule has 0 atom stereocenters. The first-order valence-corrected chi connectivity index (χ1v) is 10.5. The van der Waals surface area contributed by atoms with Gasteiger partial charge in [-0.2, -0.15) is 0 Å². The van der Waals surface area contributed by atoms with Crippen LogP contribution in [0.25, 0.3) is 0 Å². The molecule has 2 aromatic rings. The predicted molar refractivity (Wildman–Crippen MR) is 112 cm³/mol. The Kier molecular flexibility index (Phi) is 7.37. The summed E-state index contributed by atoms with van der Waals surface area (Å²) in [5.74, 6) is -2.13. The van der Waals surface area contributed by atoms with E-state index in [1.165, 1.54) is 11.1 Å². The van der Waals surface area contributed by atoms with E-state index in [-0.39, 0.29) is 24.8 Å². The molecule has 0 spiro atoms. The Balaban J connectivity index is 2.05. The molecule has 3 rings (SSSR count). The third kappa shape index (κ3) is 5.28. The van der Waals surface area contributed by atoms with Gasteiger partial charge in [-0.25, -0.2) is 8.78 Å². The average Bonchev–Trinajstić information content (AvgIpc) is 3.17. The molecule has 1 aliphatic rings. The number of carbonyl (C=O) groups excluding carboxylic acids is 2. The van der Waals surface area contributed by atoms with Crippen LogP contribution >= 0.6 is 0 Å². The van der Waals surface area contributed by atoms with E-state index in [4.69, 9.17) is 4.52 Å². The van der Waals surface area contributed by atoms with Crippen LogP contribution in [0.15, 0.2) is 22.9 Å². The maximum Gasteiger partial charge on any atom is 0.259 e. The molecule has 1 aliphatic heterocycles. The number of hydrogen-bond donors (Lipinski definition) is 0. The smallest absolute Gasteiger partial charge is 0.259 e. The van der Waals surface area contributed by atoms with Crippen molar-refractivity contribution in [2.45, 2.75) is 39.7 Å². The van der Waals surface area contributed by atoms with Crippen LogP contribution in [0.5, 0.6) is 0 Å². The maximum atomic E-state index is 14.2. The Morgan fingerprint density at radius 3 is 2.42 bits per heavy atom. The Bertz CT molecular complexity index is 947. The zero-order valence-corrected chi connectivity index (χ0v) is 18.2. The Hall–Kier alpha value is -2.81. The second kappa shape index (κ2) is 10.00. The van der Waals surface area contributed by atoms with E-state index in [0.717, 1.165) is 25.2 Å². The van der Waals surface area contributed by atoms with Crippen molar-refractivity contribution >= 4 is 17.5 Å². The lowest BCUT2D eigenvalue weighted by atomic mass is 10.1. The number of halogens is 2. The zero-order chi connectivity index (χ0) is 22.5. The van der Waals surface area contributed by atoms with Crippen LogP contribution in [0.2, 0.25) is 0 Å². The van der Waals surface area contributed by atoms with Crippen molar-refractivity contribution in [2.75, 3.05) is 38.1 Å². The lowest BCUT2D eigenvalue weighted by Gasteiger charge is -2.30. The van der Waals surface area contributed by atoms with Gasteiger partial charge in [0.25, 0.3) is 5.91 Å². The van der Waals surface area contributed by atoms with Crippen molar-refractivity contribution in [3.8, 4) is 0 Å². The van der Waals surface area contributed by atoms with Gasteiger partial charge in [0.2, 0.25) is 5.91 Å². The summed E-state index contributed by atoms with van der Waals surface area (Å²) >= 11 is 0. The van der Waals surface area contributed by atoms with Gasteiger partial charge in [-0.1, -0.05) is 12.1 Å². The van der Waals surface area contributed by atoms with E-state index in [9.17, 15) is 18.4 Å². The summed E-state index contributed by atoms with van der Waals surface area (Å²) in [6, 6.07) is 2.14. The zero-order valence-electron chi connectivity index (χ0n) is 18.2. The largest absolute Gasteiger partial charge is 0.361 e. The number of rotatable bonds is 2. The van der Waals surface area contributed by atoms with Gasteiger partial charge in [-0.15, -0.1) is 0 Å².